The van der Waals surface area contributed by atoms with E-state index in [9.17, 15) is 9.90 Å². The third-order valence-electron chi connectivity index (χ3n) is 4.15. The predicted octanol–water partition coefficient (Wildman–Crippen LogP) is 3.38. The number of pyridine rings is 1. The average Bonchev–Trinajstić information content (AvgIpc) is 3.24. The number of para-hydroxylation sites is 1. The Morgan fingerprint density at radius 3 is 2.85 bits per heavy atom. The zero-order chi connectivity index (χ0) is 18.8. The normalized spacial score (nSPS) is 11.0. The molecule has 0 bridgehead atoms. The predicted molar refractivity (Wildman–Crippen MR) is 104 cm³/mol. The fourth-order valence-corrected chi connectivity index (χ4v) is 3.96. The number of benzene rings is 1. The largest absolute Gasteiger partial charge is 0.508 e. The van der Waals surface area contributed by atoms with E-state index in [4.69, 9.17) is 10.5 Å². The van der Waals surface area contributed by atoms with E-state index in [0.29, 0.717) is 11.3 Å². The van der Waals surface area contributed by atoms with Crippen LogP contribution < -0.4 is 10.5 Å². The summed E-state index contributed by atoms with van der Waals surface area (Å²) in [6, 6.07) is 14.7. The number of imidazole rings is 1. The summed E-state index contributed by atoms with van der Waals surface area (Å²) in [4.78, 5) is 17.6. The number of aromatic hydroxyl groups is 1. The van der Waals surface area contributed by atoms with Crippen molar-refractivity contribution >= 4 is 22.9 Å². The van der Waals surface area contributed by atoms with Crippen LogP contribution in [0.1, 0.15) is 10.4 Å². The zero-order valence-corrected chi connectivity index (χ0v) is 15.1. The second kappa shape index (κ2) is 7.13. The molecule has 0 saturated carbocycles. The summed E-state index contributed by atoms with van der Waals surface area (Å²) >= 11 is 1.45. The number of amides is 1. The highest BCUT2D eigenvalue weighted by Crippen LogP contribution is 2.37. The highest BCUT2D eigenvalue weighted by atomic mass is 32.1. The standard InChI is InChI=1S/C20H17N3O3S/c21-19(25)10-18-16(26-12-13-5-1-2-6-15(13)24)9-17(27-18)14-11-22-20-7-3-4-8-23(14)20/h1-9,11,24H,10,12H2,(H2,21,25). The lowest BCUT2D eigenvalue weighted by molar-refractivity contribution is -0.117. The van der Waals surface area contributed by atoms with Gasteiger partial charge in [-0.15, -0.1) is 11.3 Å². The number of carbonyl (C=O) groups excluding carboxylic acids is 1. The number of aromatic nitrogens is 2. The molecule has 0 saturated heterocycles. The lowest BCUT2D eigenvalue weighted by Crippen LogP contribution is -2.13. The van der Waals surface area contributed by atoms with Gasteiger partial charge in [-0.25, -0.2) is 4.98 Å². The Hall–Kier alpha value is -3.32. The average molecular weight is 379 g/mol. The Morgan fingerprint density at radius 1 is 1.22 bits per heavy atom. The van der Waals surface area contributed by atoms with Crippen LogP contribution in [0.25, 0.3) is 16.2 Å². The molecule has 0 unspecified atom stereocenters. The van der Waals surface area contributed by atoms with Crippen molar-refractivity contribution in [2.24, 2.45) is 5.73 Å². The molecule has 3 heterocycles. The smallest absolute Gasteiger partial charge is 0.222 e. The summed E-state index contributed by atoms with van der Waals surface area (Å²) in [7, 11) is 0. The Kier molecular flexibility index (Phi) is 4.52. The van der Waals surface area contributed by atoms with Crippen LogP contribution in [0, 0.1) is 0 Å². The van der Waals surface area contributed by atoms with E-state index in [0.717, 1.165) is 21.1 Å². The number of phenols is 1. The maximum absolute atomic E-state index is 11.5. The van der Waals surface area contributed by atoms with Crippen molar-refractivity contribution < 1.29 is 14.6 Å². The Bertz CT molecular complexity index is 1120. The van der Waals surface area contributed by atoms with Gasteiger partial charge in [0.15, 0.2) is 0 Å². The highest BCUT2D eigenvalue weighted by Gasteiger charge is 2.17. The first-order valence-corrected chi connectivity index (χ1v) is 9.16. The number of hydrogen-bond acceptors (Lipinski definition) is 5. The molecule has 4 rings (SSSR count). The molecule has 6 nitrogen and oxygen atoms in total. The molecule has 136 valence electrons. The molecule has 0 aliphatic heterocycles. The second-order valence-electron chi connectivity index (χ2n) is 6.03. The molecular weight excluding hydrogens is 362 g/mol. The van der Waals surface area contributed by atoms with Gasteiger partial charge in [0.1, 0.15) is 23.8 Å². The Morgan fingerprint density at radius 2 is 2.04 bits per heavy atom. The van der Waals surface area contributed by atoms with E-state index >= 15 is 0 Å². The molecule has 0 radical (unpaired) electrons. The Labute approximate surface area is 159 Å². The van der Waals surface area contributed by atoms with Crippen LogP contribution in [0.2, 0.25) is 0 Å². The van der Waals surface area contributed by atoms with Crippen molar-refractivity contribution in [2.75, 3.05) is 0 Å². The second-order valence-corrected chi connectivity index (χ2v) is 7.17. The topological polar surface area (TPSA) is 89.9 Å². The third-order valence-corrected chi connectivity index (χ3v) is 5.29. The third kappa shape index (κ3) is 3.50. The number of phenolic OH excluding ortho intramolecular Hbond substituents is 1. The number of primary amides is 1. The number of rotatable bonds is 6. The van der Waals surface area contributed by atoms with Crippen LogP contribution in [-0.2, 0) is 17.8 Å². The number of nitrogens with two attached hydrogens (primary N) is 1. The summed E-state index contributed by atoms with van der Waals surface area (Å²) in [5.74, 6) is 0.336. The molecule has 3 aromatic heterocycles. The van der Waals surface area contributed by atoms with Crippen molar-refractivity contribution in [1.29, 1.82) is 0 Å². The van der Waals surface area contributed by atoms with Crippen molar-refractivity contribution in [3.05, 3.63) is 71.4 Å². The first-order valence-electron chi connectivity index (χ1n) is 8.35. The maximum Gasteiger partial charge on any atom is 0.222 e. The van der Waals surface area contributed by atoms with Crippen molar-refractivity contribution in [3.63, 3.8) is 0 Å². The molecular formula is C20H17N3O3S. The first kappa shape index (κ1) is 17.1. The van der Waals surface area contributed by atoms with Crippen LogP contribution >= 0.6 is 11.3 Å². The van der Waals surface area contributed by atoms with Gasteiger partial charge in [-0.3, -0.25) is 9.20 Å². The van der Waals surface area contributed by atoms with Gasteiger partial charge in [0, 0.05) is 17.8 Å². The molecule has 0 atom stereocenters. The molecule has 0 aliphatic carbocycles. The van der Waals surface area contributed by atoms with Crippen LogP contribution in [0.5, 0.6) is 11.5 Å². The lowest BCUT2D eigenvalue weighted by Gasteiger charge is -2.07. The number of fused-ring (bicyclic) bond motifs is 1. The summed E-state index contributed by atoms with van der Waals surface area (Å²) in [6.45, 7) is 0.196. The molecule has 1 aromatic carbocycles. The van der Waals surface area contributed by atoms with E-state index in [1.165, 1.54) is 11.3 Å². The monoisotopic (exact) mass is 379 g/mol. The van der Waals surface area contributed by atoms with E-state index in [2.05, 4.69) is 4.98 Å². The van der Waals surface area contributed by atoms with Gasteiger partial charge in [0.25, 0.3) is 0 Å². The molecule has 0 spiro atoms. The van der Waals surface area contributed by atoms with Crippen LogP contribution in [0.3, 0.4) is 0 Å². The molecule has 4 aromatic rings. The molecule has 7 heteroatoms. The molecule has 0 aliphatic rings. The minimum atomic E-state index is -0.422. The molecule has 0 fully saturated rings. The van der Waals surface area contributed by atoms with E-state index in [1.807, 2.05) is 40.9 Å². The number of nitrogens with zero attached hydrogens (tertiary/aromatic N) is 2. The molecule has 27 heavy (non-hydrogen) atoms. The zero-order valence-electron chi connectivity index (χ0n) is 14.3. The van der Waals surface area contributed by atoms with Gasteiger partial charge in [0.05, 0.1) is 28.1 Å². The minimum Gasteiger partial charge on any atom is -0.508 e. The quantitative estimate of drug-likeness (QED) is 0.537. The number of carbonyl (C=O) groups is 1. The van der Waals surface area contributed by atoms with Crippen LogP contribution in [-0.4, -0.2) is 20.4 Å². The first-order chi connectivity index (χ1) is 13.1. The number of thiophene rings is 1. The van der Waals surface area contributed by atoms with E-state index < -0.39 is 5.91 Å². The Balaban J connectivity index is 1.68. The SMILES string of the molecule is NC(=O)Cc1sc(-c2cnc3ccccn23)cc1OCc1ccccc1O. The van der Waals surface area contributed by atoms with Crippen molar-refractivity contribution in [1.82, 2.24) is 9.38 Å². The van der Waals surface area contributed by atoms with E-state index in [1.54, 1.807) is 24.4 Å². The van der Waals surface area contributed by atoms with Crippen LogP contribution in [0.15, 0.2) is 60.9 Å². The van der Waals surface area contributed by atoms with Gasteiger partial charge in [-0.05, 0) is 18.2 Å². The highest BCUT2D eigenvalue weighted by molar-refractivity contribution is 7.15. The van der Waals surface area contributed by atoms with Gasteiger partial charge in [-0.1, -0.05) is 24.3 Å². The van der Waals surface area contributed by atoms with Gasteiger partial charge in [0.2, 0.25) is 5.91 Å². The summed E-state index contributed by atoms with van der Waals surface area (Å²) in [5.41, 5.74) is 7.83. The summed E-state index contributed by atoms with van der Waals surface area (Å²) in [5, 5.41) is 9.91. The fraction of sp³-hybridized carbons (Fsp3) is 0.100. The van der Waals surface area contributed by atoms with Gasteiger partial charge in [-0.2, -0.15) is 0 Å². The number of hydrogen-bond donors (Lipinski definition) is 2. The van der Waals surface area contributed by atoms with Gasteiger partial charge >= 0.3 is 0 Å². The summed E-state index contributed by atoms with van der Waals surface area (Å²) in [6.07, 6.45) is 3.83. The van der Waals surface area contributed by atoms with Crippen molar-refractivity contribution in [3.8, 4) is 22.1 Å². The summed E-state index contributed by atoms with van der Waals surface area (Å²) < 4.78 is 7.89. The van der Waals surface area contributed by atoms with Crippen LogP contribution in [0.4, 0.5) is 0 Å². The maximum atomic E-state index is 11.5. The lowest BCUT2D eigenvalue weighted by atomic mass is 10.2. The molecule has 1 amide bonds. The number of ether oxygens (including phenoxy) is 1. The fourth-order valence-electron chi connectivity index (χ4n) is 2.85. The minimum absolute atomic E-state index is 0.0948. The molecule has 3 N–H and O–H groups in total. The van der Waals surface area contributed by atoms with Gasteiger partial charge < -0.3 is 15.6 Å². The van der Waals surface area contributed by atoms with Crippen molar-refractivity contribution in [2.45, 2.75) is 13.0 Å². The van der Waals surface area contributed by atoms with E-state index in [-0.39, 0.29) is 18.8 Å².